The molecule has 0 fully saturated rings. The summed E-state index contributed by atoms with van der Waals surface area (Å²) < 4.78 is 11.5. The first kappa shape index (κ1) is 15.8. The second-order valence-electron chi connectivity index (χ2n) is 6.43. The molecule has 5 heteroatoms. The largest absolute Gasteiger partial charge is 0.493 e. The zero-order chi connectivity index (χ0) is 17.4. The molecule has 5 nitrogen and oxygen atoms in total. The molecule has 2 amide bonds. The van der Waals surface area contributed by atoms with Crippen LogP contribution in [-0.4, -0.2) is 25.8 Å². The fourth-order valence-electron chi connectivity index (χ4n) is 3.53. The number of anilines is 2. The highest BCUT2D eigenvalue weighted by Gasteiger charge is 2.28. The lowest BCUT2D eigenvalue weighted by Gasteiger charge is -2.23. The molecule has 2 aliphatic heterocycles. The van der Waals surface area contributed by atoms with Crippen molar-refractivity contribution >= 4 is 17.4 Å². The van der Waals surface area contributed by atoms with E-state index in [2.05, 4.69) is 11.4 Å². The SMILES string of the molecule is CCN(C(=O)Nc1c2c(cc3c1OCC3)OCC2)c1cccc(C)c1. The van der Waals surface area contributed by atoms with Gasteiger partial charge in [0.2, 0.25) is 0 Å². The predicted molar refractivity (Wildman–Crippen MR) is 98.1 cm³/mol. The predicted octanol–water partition coefficient (Wildman–Crippen LogP) is 3.92. The third-order valence-corrected chi connectivity index (χ3v) is 4.76. The minimum atomic E-state index is -0.147. The van der Waals surface area contributed by atoms with Crippen molar-refractivity contribution < 1.29 is 14.3 Å². The zero-order valence-corrected chi connectivity index (χ0v) is 14.6. The molecule has 0 saturated carbocycles. The standard InChI is InChI=1S/C20H22N2O3/c1-3-22(15-6-4-5-13(2)11-15)20(23)21-18-16-8-10-24-17(16)12-14-7-9-25-19(14)18/h4-6,11-12H,3,7-10H2,1-2H3,(H,21,23). The average molecular weight is 338 g/mol. The van der Waals surface area contributed by atoms with Crippen LogP contribution in [0, 0.1) is 6.92 Å². The summed E-state index contributed by atoms with van der Waals surface area (Å²) >= 11 is 0. The number of nitrogens with zero attached hydrogens (tertiary/aromatic N) is 1. The molecular formula is C20H22N2O3. The number of hydrogen-bond acceptors (Lipinski definition) is 3. The van der Waals surface area contributed by atoms with Crippen molar-refractivity contribution in [3.63, 3.8) is 0 Å². The van der Waals surface area contributed by atoms with E-state index in [1.54, 1.807) is 4.90 Å². The minimum absolute atomic E-state index is 0.147. The third-order valence-electron chi connectivity index (χ3n) is 4.76. The molecular weight excluding hydrogens is 316 g/mol. The van der Waals surface area contributed by atoms with Crippen LogP contribution in [0.1, 0.15) is 23.6 Å². The first-order chi connectivity index (χ1) is 12.2. The number of ether oxygens (including phenoxy) is 2. The number of nitrogens with one attached hydrogen (secondary N) is 1. The van der Waals surface area contributed by atoms with Gasteiger partial charge >= 0.3 is 6.03 Å². The van der Waals surface area contributed by atoms with Crippen LogP contribution in [0.25, 0.3) is 0 Å². The number of benzene rings is 2. The van der Waals surface area contributed by atoms with Gasteiger partial charge < -0.3 is 14.8 Å². The Morgan fingerprint density at radius 2 is 2.04 bits per heavy atom. The Morgan fingerprint density at radius 3 is 2.84 bits per heavy atom. The molecule has 0 spiro atoms. The van der Waals surface area contributed by atoms with Gasteiger partial charge in [0.1, 0.15) is 11.5 Å². The van der Waals surface area contributed by atoms with Crippen LogP contribution in [-0.2, 0) is 12.8 Å². The summed E-state index contributed by atoms with van der Waals surface area (Å²) in [5, 5.41) is 3.09. The van der Waals surface area contributed by atoms with Crippen LogP contribution in [0.4, 0.5) is 16.2 Å². The zero-order valence-electron chi connectivity index (χ0n) is 14.6. The molecule has 2 heterocycles. The van der Waals surface area contributed by atoms with Crippen LogP contribution >= 0.6 is 0 Å². The number of fused-ring (bicyclic) bond motifs is 2. The first-order valence-corrected chi connectivity index (χ1v) is 8.77. The summed E-state index contributed by atoms with van der Waals surface area (Å²) in [5.74, 6) is 1.68. The second-order valence-corrected chi connectivity index (χ2v) is 6.43. The van der Waals surface area contributed by atoms with Gasteiger partial charge in [-0.3, -0.25) is 4.90 Å². The molecule has 2 aromatic carbocycles. The van der Waals surface area contributed by atoms with Crippen LogP contribution in [0.15, 0.2) is 30.3 Å². The molecule has 2 aliphatic rings. The summed E-state index contributed by atoms with van der Waals surface area (Å²) in [6, 6.07) is 9.87. The van der Waals surface area contributed by atoms with Crippen molar-refractivity contribution in [3.8, 4) is 11.5 Å². The van der Waals surface area contributed by atoms with Gasteiger partial charge in [-0.15, -0.1) is 0 Å². The lowest BCUT2D eigenvalue weighted by molar-refractivity contribution is 0.257. The Labute approximate surface area is 147 Å². The molecule has 0 atom stereocenters. The number of rotatable bonds is 3. The monoisotopic (exact) mass is 338 g/mol. The molecule has 2 aromatic rings. The topological polar surface area (TPSA) is 50.8 Å². The maximum absolute atomic E-state index is 13.0. The number of hydrogen-bond donors (Lipinski definition) is 1. The smallest absolute Gasteiger partial charge is 0.326 e. The van der Waals surface area contributed by atoms with E-state index in [0.29, 0.717) is 19.8 Å². The Kier molecular flexibility index (Phi) is 3.99. The minimum Gasteiger partial charge on any atom is -0.493 e. The van der Waals surface area contributed by atoms with E-state index in [0.717, 1.165) is 52.4 Å². The van der Waals surface area contributed by atoms with E-state index < -0.39 is 0 Å². The normalized spacial score (nSPS) is 14.3. The van der Waals surface area contributed by atoms with Crippen molar-refractivity contribution in [3.05, 3.63) is 47.0 Å². The second kappa shape index (κ2) is 6.31. The van der Waals surface area contributed by atoms with E-state index in [9.17, 15) is 4.79 Å². The quantitative estimate of drug-likeness (QED) is 0.923. The number of amides is 2. The number of carbonyl (C=O) groups excluding carboxylic acids is 1. The van der Waals surface area contributed by atoms with Gasteiger partial charge in [-0.1, -0.05) is 12.1 Å². The molecule has 0 saturated heterocycles. The Bertz CT molecular complexity index is 800. The van der Waals surface area contributed by atoms with Crippen molar-refractivity contribution in [2.75, 3.05) is 30.0 Å². The average Bonchev–Trinajstić information content (AvgIpc) is 3.24. The summed E-state index contributed by atoms with van der Waals surface area (Å²) in [7, 11) is 0. The van der Waals surface area contributed by atoms with Gasteiger partial charge in [0, 0.05) is 36.2 Å². The van der Waals surface area contributed by atoms with Gasteiger partial charge in [0.25, 0.3) is 0 Å². The summed E-state index contributed by atoms with van der Waals surface area (Å²) in [4.78, 5) is 14.7. The van der Waals surface area contributed by atoms with E-state index in [1.807, 2.05) is 38.1 Å². The molecule has 0 bridgehead atoms. The van der Waals surface area contributed by atoms with Crippen molar-refractivity contribution in [1.29, 1.82) is 0 Å². The highest BCUT2D eigenvalue weighted by molar-refractivity contribution is 6.03. The fourth-order valence-corrected chi connectivity index (χ4v) is 3.53. The lowest BCUT2D eigenvalue weighted by Crippen LogP contribution is -2.35. The van der Waals surface area contributed by atoms with Crippen molar-refractivity contribution in [2.24, 2.45) is 0 Å². The molecule has 0 aliphatic carbocycles. The maximum atomic E-state index is 13.0. The van der Waals surface area contributed by atoms with Gasteiger partial charge in [0.15, 0.2) is 0 Å². The van der Waals surface area contributed by atoms with E-state index >= 15 is 0 Å². The molecule has 25 heavy (non-hydrogen) atoms. The lowest BCUT2D eigenvalue weighted by atomic mass is 10.0. The van der Waals surface area contributed by atoms with Gasteiger partial charge in [-0.2, -0.15) is 0 Å². The van der Waals surface area contributed by atoms with Gasteiger partial charge in [-0.05, 0) is 37.6 Å². The van der Waals surface area contributed by atoms with Crippen LogP contribution in [0.5, 0.6) is 11.5 Å². The molecule has 0 unspecified atom stereocenters. The fraction of sp³-hybridized carbons (Fsp3) is 0.350. The maximum Gasteiger partial charge on any atom is 0.326 e. The third kappa shape index (κ3) is 2.80. The number of carbonyl (C=O) groups is 1. The van der Waals surface area contributed by atoms with E-state index in [-0.39, 0.29) is 6.03 Å². The Balaban J connectivity index is 1.67. The van der Waals surface area contributed by atoms with Crippen LogP contribution in [0.3, 0.4) is 0 Å². The van der Waals surface area contributed by atoms with Crippen LogP contribution in [0.2, 0.25) is 0 Å². The van der Waals surface area contributed by atoms with Gasteiger partial charge in [0.05, 0.1) is 18.9 Å². The summed E-state index contributed by atoms with van der Waals surface area (Å²) in [6.45, 7) is 5.88. The molecule has 130 valence electrons. The van der Waals surface area contributed by atoms with Crippen molar-refractivity contribution in [2.45, 2.75) is 26.7 Å². The molecule has 4 rings (SSSR count). The highest BCUT2D eigenvalue weighted by atomic mass is 16.5. The van der Waals surface area contributed by atoms with E-state index in [1.165, 1.54) is 0 Å². The Hall–Kier alpha value is -2.69. The van der Waals surface area contributed by atoms with E-state index in [4.69, 9.17) is 9.47 Å². The van der Waals surface area contributed by atoms with Crippen LogP contribution < -0.4 is 19.7 Å². The summed E-state index contributed by atoms with van der Waals surface area (Å²) in [6.07, 6.45) is 1.64. The highest BCUT2D eigenvalue weighted by Crippen LogP contribution is 2.44. The summed E-state index contributed by atoms with van der Waals surface area (Å²) in [5.41, 5.74) is 4.94. The van der Waals surface area contributed by atoms with Gasteiger partial charge in [-0.25, -0.2) is 4.79 Å². The molecule has 0 radical (unpaired) electrons. The first-order valence-electron chi connectivity index (χ1n) is 8.77. The Morgan fingerprint density at radius 1 is 1.20 bits per heavy atom. The molecule has 1 N–H and O–H groups in total. The number of aryl methyl sites for hydroxylation is 1. The van der Waals surface area contributed by atoms with Crippen molar-refractivity contribution in [1.82, 2.24) is 0 Å². The molecule has 0 aromatic heterocycles. The number of urea groups is 1.